The second-order valence-corrected chi connectivity index (χ2v) is 8.35. The molecule has 1 aromatic heterocycles. The summed E-state index contributed by atoms with van der Waals surface area (Å²) < 4.78 is 5.86. The van der Waals surface area contributed by atoms with E-state index >= 15 is 0 Å². The number of hydrazine groups is 1. The van der Waals surface area contributed by atoms with Gasteiger partial charge in [-0.25, -0.2) is 10.9 Å². The van der Waals surface area contributed by atoms with E-state index in [1.165, 1.54) is 0 Å². The van der Waals surface area contributed by atoms with E-state index in [0.717, 1.165) is 41.0 Å². The summed E-state index contributed by atoms with van der Waals surface area (Å²) in [5.41, 5.74) is 11.8. The summed E-state index contributed by atoms with van der Waals surface area (Å²) in [5, 5.41) is 4.37. The monoisotopic (exact) mass is 396 g/mol. The Labute approximate surface area is 170 Å². The summed E-state index contributed by atoms with van der Waals surface area (Å²) >= 11 is 0. The number of hydrogen-bond acceptors (Lipinski definition) is 5. The van der Waals surface area contributed by atoms with Crippen LogP contribution in [0.15, 0.2) is 33.8 Å². The minimum absolute atomic E-state index is 0.254. The first-order valence-electron chi connectivity index (χ1n) is 9.80. The fourth-order valence-electron chi connectivity index (χ4n) is 3.30. The van der Waals surface area contributed by atoms with Crippen LogP contribution in [0.25, 0.3) is 0 Å². The number of hydrazone groups is 1. The Balaban J connectivity index is 1.82. The molecular formula is C22H28N4O3. The van der Waals surface area contributed by atoms with Gasteiger partial charge in [-0.1, -0.05) is 18.2 Å². The predicted octanol–water partition coefficient (Wildman–Crippen LogP) is 3.40. The number of carbonyl (C=O) groups excluding carboxylic acids is 2. The number of amides is 2. The maximum absolute atomic E-state index is 12.5. The number of furan rings is 1. The van der Waals surface area contributed by atoms with Crippen molar-refractivity contribution in [2.45, 2.75) is 59.4 Å². The van der Waals surface area contributed by atoms with Crippen LogP contribution in [0, 0.1) is 13.8 Å². The molecule has 7 nitrogen and oxygen atoms in total. The number of rotatable bonds is 4. The zero-order valence-corrected chi connectivity index (χ0v) is 17.6. The number of hydrogen-bond donors (Lipinski definition) is 3. The van der Waals surface area contributed by atoms with E-state index in [1.807, 2.05) is 52.8 Å². The Morgan fingerprint density at radius 2 is 1.79 bits per heavy atom. The van der Waals surface area contributed by atoms with Crippen molar-refractivity contribution in [2.75, 3.05) is 0 Å². The average Bonchev–Trinajstić information content (AvgIpc) is 3.01. The third-order valence-electron chi connectivity index (χ3n) is 4.77. The van der Waals surface area contributed by atoms with E-state index in [4.69, 9.17) is 4.42 Å². The summed E-state index contributed by atoms with van der Waals surface area (Å²) in [6.45, 7) is 9.59. The first kappa shape index (κ1) is 20.8. The normalized spacial score (nSPS) is 15.1. The molecule has 0 aliphatic heterocycles. The summed E-state index contributed by atoms with van der Waals surface area (Å²) in [4.78, 5) is 25.0. The van der Waals surface area contributed by atoms with Crippen molar-refractivity contribution < 1.29 is 14.0 Å². The molecular weight excluding hydrogens is 368 g/mol. The summed E-state index contributed by atoms with van der Waals surface area (Å²) in [5.74, 6) is 0.427. The van der Waals surface area contributed by atoms with Crippen molar-refractivity contribution >= 4 is 17.5 Å². The second kappa shape index (κ2) is 8.21. The van der Waals surface area contributed by atoms with Crippen LogP contribution < -0.4 is 16.3 Å². The maximum Gasteiger partial charge on any atom is 0.301 e. The number of fused-ring (bicyclic) bond motifs is 1. The highest BCUT2D eigenvalue weighted by atomic mass is 16.4. The van der Waals surface area contributed by atoms with E-state index in [0.29, 0.717) is 12.0 Å². The Bertz CT molecular complexity index is 967. The molecule has 7 heteroatoms. The highest BCUT2D eigenvalue weighted by Crippen LogP contribution is 2.29. The van der Waals surface area contributed by atoms with Gasteiger partial charge in [-0.05, 0) is 59.1 Å². The lowest BCUT2D eigenvalue weighted by atomic mass is 9.93. The standard InChI is InChI=1S/C22H28N4O3/c1-13-9-6-7-10-15(13)20(27)24-23-16-11-8-12-17-18(16)14(2)19(29-17)21(28)25-26-22(3,4)5/h6-7,9-10,26H,8,11-12H2,1-5H3,(H,24,27)(H,25,28)/b23-16+. The maximum atomic E-state index is 12.5. The van der Waals surface area contributed by atoms with Crippen molar-refractivity contribution in [3.63, 3.8) is 0 Å². The lowest BCUT2D eigenvalue weighted by Crippen LogP contribution is -2.48. The molecule has 0 saturated heterocycles. The summed E-state index contributed by atoms with van der Waals surface area (Å²) in [6, 6.07) is 7.37. The van der Waals surface area contributed by atoms with E-state index in [9.17, 15) is 9.59 Å². The van der Waals surface area contributed by atoms with Gasteiger partial charge >= 0.3 is 5.91 Å². The predicted molar refractivity (Wildman–Crippen MR) is 112 cm³/mol. The second-order valence-electron chi connectivity index (χ2n) is 8.35. The molecule has 29 heavy (non-hydrogen) atoms. The number of nitrogens with zero attached hydrogens (tertiary/aromatic N) is 1. The Morgan fingerprint density at radius 1 is 1.07 bits per heavy atom. The lowest BCUT2D eigenvalue weighted by Gasteiger charge is -2.20. The highest BCUT2D eigenvalue weighted by Gasteiger charge is 2.28. The molecule has 3 rings (SSSR count). The van der Waals surface area contributed by atoms with Gasteiger partial charge in [0.15, 0.2) is 5.76 Å². The van der Waals surface area contributed by atoms with Gasteiger partial charge in [-0.2, -0.15) is 5.10 Å². The Hall–Kier alpha value is -2.93. The molecule has 2 aromatic rings. The molecule has 1 heterocycles. The van der Waals surface area contributed by atoms with Crippen LogP contribution in [0.5, 0.6) is 0 Å². The van der Waals surface area contributed by atoms with Gasteiger partial charge in [0.2, 0.25) is 0 Å². The molecule has 0 bridgehead atoms. The number of benzene rings is 1. The Morgan fingerprint density at radius 3 is 2.48 bits per heavy atom. The highest BCUT2D eigenvalue weighted by molar-refractivity contribution is 6.07. The van der Waals surface area contributed by atoms with Gasteiger partial charge in [0.05, 0.1) is 5.71 Å². The van der Waals surface area contributed by atoms with Gasteiger partial charge in [0.1, 0.15) is 5.76 Å². The minimum atomic E-state index is -0.324. The molecule has 0 fully saturated rings. The van der Waals surface area contributed by atoms with Gasteiger partial charge in [-0.3, -0.25) is 15.0 Å². The van der Waals surface area contributed by atoms with Crippen LogP contribution in [0.3, 0.4) is 0 Å². The quantitative estimate of drug-likeness (QED) is 0.690. The van der Waals surface area contributed by atoms with Crippen LogP contribution in [-0.2, 0) is 6.42 Å². The van der Waals surface area contributed by atoms with Crippen LogP contribution in [0.2, 0.25) is 0 Å². The van der Waals surface area contributed by atoms with E-state index in [2.05, 4.69) is 21.4 Å². The summed E-state index contributed by atoms with van der Waals surface area (Å²) in [7, 11) is 0. The molecule has 0 unspecified atom stereocenters. The number of aryl methyl sites for hydroxylation is 2. The zero-order chi connectivity index (χ0) is 21.2. The van der Waals surface area contributed by atoms with E-state index < -0.39 is 0 Å². The van der Waals surface area contributed by atoms with Crippen molar-refractivity contribution in [1.82, 2.24) is 16.3 Å². The molecule has 3 N–H and O–H groups in total. The minimum Gasteiger partial charge on any atom is -0.455 e. The van der Waals surface area contributed by atoms with E-state index in [1.54, 1.807) is 6.07 Å². The van der Waals surface area contributed by atoms with Crippen molar-refractivity contribution in [2.24, 2.45) is 5.10 Å². The fraction of sp³-hybridized carbons (Fsp3) is 0.409. The average molecular weight is 396 g/mol. The Kier molecular flexibility index (Phi) is 5.88. The van der Waals surface area contributed by atoms with Gasteiger partial charge in [0.25, 0.3) is 5.91 Å². The zero-order valence-electron chi connectivity index (χ0n) is 17.6. The largest absolute Gasteiger partial charge is 0.455 e. The van der Waals surface area contributed by atoms with Gasteiger partial charge < -0.3 is 4.42 Å². The van der Waals surface area contributed by atoms with Crippen LogP contribution in [0.4, 0.5) is 0 Å². The molecule has 1 aromatic carbocycles. The first-order valence-corrected chi connectivity index (χ1v) is 9.80. The molecule has 1 aliphatic rings. The van der Waals surface area contributed by atoms with Crippen LogP contribution >= 0.6 is 0 Å². The van der Waals surface area contributed by atoms with Crippen LogP contribution in [-0.4, -0.2) is 23.1 Å². The SMILES string of the molecule is Cc1ccccc1C(=O)N/N=C1\CCCc2oc(C(=O)NNC(C)(C)C)c(C)c21. The van der Waals surface area contributed by atoms with Crippen molar-refractivity contribution in [3.05, 3.63) is 58.0 Å². The van der Waals surface area contributed by atoms with Crippen molar-refractivity contribution in [1.29, 1.82) is 0 Å². The van der Waals surface area contributed by atoms with Gasteiger partial charge in [0, 0.05) is 28.7 Å². The summed E-state index contributed by atoms with van der Waals surface area (Å²) in [6.07, 6.45) is 2.30. The fourth-order valence-corrected chi connectivity index (χ4v) is 3.30. The van der Waals surface area contributed by atoms with Crippen molar-refractivity contribution in [3.8, 4) is 0 Å². The van der Waals surface area contributed by atoms with Crippen LogP contribution in [0.1, 0.15) is 77.0 Å². The molecule has 0 radical (unpaired) electrons. The molecule has 0 saturated carbocycles. The number of nitrogens with one attached hydrogen (secondary N) is 3. The smallest absolute Gasteiger partial charge is 0.301 e. The molecule has 0 spiro atoms. The lowest BCUT2D eigenvalue weighted by molar-refractivity contribution is 0.0882. The molecule has 2 amide bonds. The van der Waals surface area contributed by atoms with E-state index in [-0.39, 0.29) is 23.1 Å². The molecule has 154 valence electrons. The molecule has 1 aliphatic carbocycles. The third kappa shape index (κ3) is 4.74. The number of carbonyl (C=O) groups is 2. The first-order chi connectivity index (χ1) is 13.7. The molecule has 0 atom stereocenters. The third-order valence-corrected chi connectivity index (χ3v) is 4.77. The van der Waals surface area contributed by atoms with Gasteiger partial charge in [-0.15, -0.1) is 0 Å². The topological polar surface area (TPSA) is 95.7 Å².